The number of ether oxygens (including phenoxy) is 2. The van der Waals surface area contributed by atoms with Crippen molar-refractivity contribution in [3.05, 3.63) is 75.2 Å². The lowest BCUT2D eigenvalue weighted by atomic mass is 10.1. The number of rotatable bonds is 9. The molecular weight excluding hydrogens is 408 g/mol. The van der Waals surface area contributed by atoms with E-state index in [1.165, 1.54) is 5.56 Å². The van der Waals surface area contributed by atoms with Gasteiger partial charge in [0.2, 0.25) is 0 Å². The molecule has 0 N–H and O–H groups in total. The maximum atomic E-state index is 13.2. The fourth-order valence-corrected chi connectivity index (χ4v) is 3.93. The average Bonchev–Trinajstić information content (AvgIpc) is 3.25. The Morgan fingerprint density at radius 1 is 1.16 bits per heavy atom. The summed E-state index contributed by atoms with van der Waals surface area (Å²) < 4.78 is 11.2. The van der Waals surface area contributed by atoms with Crippen molar-refractivity contribution < 1.29 is 14.3 Å². The van der Waals surface area contributed by atoms with Crippen LogP contribution in [-0.2, 0) is 13.2 Å². The van der Waals surface area contributed by atoms with E-state index in [1.807, 2.05) is 34.5 Å². The number of hydrogen-bond donors (Lipinski definition) is 0. The second kappa shape index (κ2) is 10.4. The number of aryl methyl sites for hydroxylation is 1. The number of benzene rings is 2. The summed E-state index contributed by atoms with van der Waals surface area (Å²) in [6.07, 6.45) is 0.870. The van der Waals surface area contributed by atoms with Crippen LogP contribution in [0.15, 0.2) is 47.8 Å². The van der Waals surface area contributed by atoms with Gasteiger partial charge in [0.25, 0.3) is 5.91 Å². The van der Waals surface area contributed by atoms with Gasteiger partial charge in [-0.25, -0.2) is 4.98 Å². The van der Waals surface area contributed by atoms with Crippen molar-refractivity contribution in [2.45, 2.75) is 53.3 Å². The molecule has 0 aliphatic rings. The summed E-state index contributed by atoms with van der Waals surface area (Å²) in [4.78, 5) is 19.8. The van der Waals surface area contributed by atoms with Gasteiger partial charge in [-0.05, 0) is 68.7 Å². The molecule has 6 heteroatoms. The molecule has 5 nitrogen and oxygen atoms in total. The third kappa shape index (κ3) is 5.64. The van der Waals surface area contributed by atoms with Crippen LogP contribution in [0.4, 0.5) is 0 Å². The van der Waals surface area contributed by atoms with Crippen LogP contribution >= 0.6 is 11.3 Å². The highest BCUT2D eigenvalue weighted by Gasteiger charge is 2.22. The molecule has 1 aromatic heterocycles. The Morgan fingerprint density at radius 3 is 2.58 bits per heavy atom. The molecule has 0 saturated heterocycles. The van der Waals surface area contributed by atoms with E-state index in [9.17, 15) is 4.79 Å². The Labute approximate surface area is 188 Å². The van der Waals surface area contributed by atoms with Gasteiger partial charge in [0, 0.05) is 17.0 Å². The number of amides is 1. The zero-order chi connectivity index (χ0) is 22.4. The van der Waals surface area contributed by atoms with Gasteiger partial charge in [-0.2, -0.15) is 0 Å². The van der Waals surface area contributed by atoms with Crippen molar-refractivity contribution in [1.82, 2.24) is 9.88 Å². The van der Waals surface area contributed by atoms with Crippen molar-refractivity contribution in [2.75, 3.05) is 7.11 Å². The normalized spacial score (nSPS) is 11.8. The van der Waals surface area contributed by atoms with Crippen LogP contribution in [0.3, 0.4) is 0 Å². The second-order valence-electron chi connectivity index (χ2n) is 7.64. The molecular formula is C25H30N2O3S. The Morgan fingerprint density at radius 2 is 1.90 bits per heavy atom. The molecule has 1 atom stereocenters. The van der Waals surface area contributed by atoms with Crippen molar-refractivity contribution >= 4 is 17.2 Å². The van der Waals surface area contributed by atoms with E-state index in [0.29, 0.717) is 18.7 Å². The molecule has 31 heavy (non-hydrogen) atoms. The lowest BCUT2D eigenvalue weighted by Gasteiger charge is -2.28. The van der Waals surface area contributed by atoms with E-state index in [4.69, 9.17) is 14.5 Å². The van der Waals surface area contributed by atoms with Crippen LogP contribution in [0.25, 0.3) is 0 Å². The second-order valence-corrected chi connectivity index (χ2v) is 8.58. The van der Waals surface area contributed by atoms with Crippen molar-refractivity contribution in [3.63, 3.8) is 0 Å². The van der Waals surface area contributed by atoms with E-state index in [2.05, 4.69) is 33.8 Å². The summed E-state index contributed by atoms with van der Waals surface area (Å²) in [6.45, 7) is 9.19. The van der Waals surface area contributed by atoms with E-state index in [0.717, 1.165) is 34.2 Å². The number of hydrogen-bond acceptors (Lipinski definition) is 5. The quantitative estimate of drug-likeness (QED) is 0.424. The molecule has 1 unspecified atom stereocenters. The molecule has 3 aromatic rings. The minimum Gasteiger partial charge on any atom is -0.497 e. The van der Waals surface area contributed by atoms with Crippen LogP contribution in [-0.4, -0.2) is 28.9 Å². The van der Waals surface area contributed by atoms with Crippen molar-refractivity contribution in [1.29, 1.82) is 0 Å². The predicted octanol–water partition coefficient (Wildman–Crippen LogP) is 5.79. The lowest BCUT2D eigenvalue weighted by Crippen LogP contribution is -2.37. The molecule has 0 bridgehead atoms. The van der Waals surface area contributed by atoms with Crippen LogP contribution < -0.4 is 9.47 Å². The summed E-state index contributed by atoms with van der Waals surface area (Å²) in [5.74, 6) is 1.62. The van der Waals surface area contributed by atoms with Crippen LogP contribution in [0.5, 0.6) is 11.5 Å². The van der Waals surface area contributed by atoms with Gasteiger partial charge in [-0.3, -0.25) is 4.79 Å². The van der Waals surface area contributed by atoms with Gasteiger partial charge in [-0.1, -0.05) is 19.1 Å². The topological polar surface area (TPSA) is 51.7 Å². The smallest absolute Gasteiger partial charge is 0.254 e. The Bertz CT molecular complexity index is 1010. The fraction of sp³-hybridized carbons (Fsp3) is 0.360. The molecule has 0 radical (unpaired) electrons. The Balaban J connectivity index is 1.70. The number of methoxy groups -OCH3 is 1. The maximum Gasteiger partial charge on any atom is 0.254 e. The third-order valence-electron chi connectivity index (χ3n) is 5.56. The molecule has 0 aliphatic heterocycles. The van der Waals surface area contributed by atoms with Crippen molar-refractivity contribution in [2.24, 2.45) is 0 Å². The van der Waals surface area contributed by atoms with E-state index >= 15 is 0 Å². The first-order valence-electron chi connectivity index (χ1n) is 10.5. The van der Waals surface area contributed by atoms with Gasteiger partial charge >= 0.3 is 0 Å². The number of aromatic nitrogens is 1. The standard InChI is InChI=1S/C25H30N2O3S/c1-6-18(3)27(25(28)20-10-12-22(29-5)13-11-20)14-21-16-31-24(26-21)15-30-23-9-7-8-17(2)19(23)4/h7-13,16,18H,6,14-15H2,1-5H3. The van der Waals surface area contributed by atoms with Crippen LogP contribution in [0.1, 0.15) is 52.5 Å². The molecule has 1 amide bonds. The van der Waals surface area contributed by atoms with Crippen molar-refractivity contribution in [3.8, 4) is 11.5 Å². The van der Waals surface area contributed by atoms with Gasteiger partial charge < -0.3 is 14.4 Å². The number of carbonyl (C=O) groups is 1. The molecule has 3 rings (SSSR count). The summed E-state index contributed by atoms with van der Waals surface area (Å²) in [5, 5.41) is 2.91. The first-order valence-corrected chi connectivity index (χ1v) is 11.4. The molecule has 164 valence electrons. The fourth-order valence-electron chi connectivity index (χ4n) is 3.23. The van der Waals surface area contributed by atoms with Gasteiger partial charge in [0.15, 0.2) is 0 Å². The van der Waals surface area contributed by atoms with E-state index in [1.54, 1.807) is 30.6 Å². The molecule has 0 spiro atoms. The predicted molar refractivity (Wildman–Crippen MR) is 125 cm³/mol. The highest BCUT2D eigenvalue weighted by Crippen LogP contribution is 2.23. The highest BCUT2D eigenvalue weighted by atomic mass is 32.1. The highest BCUT2D eigenvalue weighted by molar-refractivity contribution is 7.09. The number of thiazole rings is 1. The first-order chi connectivity index (χ1) is 14.9. The molecule has 0 aliphatic carbocycles. The summed E-state index contributed by atoms with van der Waals surface area (Å²) in [5.41, 5.74) is 3.88. The number of nitrogens with zero attached hydrogens (tertiary/aromatic N) is 2. The molecule has 0 fully saturated rings. The minimum absolute atomic E-state index is 0.00168. The van der Waals surface area contributed by atoms with Gasteiger partial charge in [-0.15, -0.1) is 11.3 Å². The van der Waals surface area contributed by atoms with Crippen LogP contribution in [0, 0.1) is 13.8 Å². The SMILES string of the molecule is CCC(C)N(Cc1csc(COc2cccc(C)c2C)n1)C(=O)c1ccc(OC)cc1. The average molecular weight is 439 g/mol. The number of carbonyl (C=O) groups excluding carboxylic acids is 1. The van der Waals surface area contributed by atoms with Crippen LogP contribution in [0.2, 0.25) is 0 Å². The zero-order valence-corrected chi connectivity index (χ0v) is 19.7. The zero-order valence-electron chi connectivity index (χ0n) is 18.8. The first kappa shape index (κ1) is 22.8. The Kier molecular flexibility index (Phi) is 7.69. The lowest BCUT2D eigenvalue weighted by molar-refractivity contribution is 0.0669. The van der Waals surface area contributed by atoms with E-state index in [-0.39, 0.29) is 11.9 Å². The van der Waals surface area contributed by atoms with Gasteiger partial charge in [0.05, 0.1) is 19.3 Å². The summed E-state index contributed by atoms with van der Waals surface area (Å²) in [7, 11) is 1.62. The molecule has 2 aromatic carbocycles. The molecule has 1 heterocycles. The largest absolute Gasteiger partial charge is 0.497 e. The minimum atomic E-state index is -0.00168. The molecule has 0 saturated carbocycles. The summed E-state index contributed by atoms with van der Waals surface area (Å²) in [6, 6.07) is 13.4. The third-order valence-corrected chi connectivity index (χ3v) is 6.43. The maximum absolute atomic E-state index is 13.2. The summed E-state index contributed by atoms with van der Waals surface area (Å²) >= 11 is 1.56. The Hall–Kier alpha value is -2.86. The van der Waals surface area contributed by atoms with Gasteiger partial charge in [0.1, 0.15) is 23.1 Å². The van der Waals surface area contributed by atoms with E-state index < -0.39 is 0 Å². The monoisotopic (exact) mass is 438 g/mol.